The number of hydrogen-bond donors (Lipinski definition) is 2. The number of amides is 1. The minimum atomic E-state index is -0.293. The Balaban J connectivity index is 0.00000208. The molecular weight excluding hydrogens is 332 g/mol. The third-order valence-electron chi connectivity index (χ3n) is 2.83. The molecule has 0 aliphatic carbocycles. The van der Waals surface area contributed by atoms with E-state index in [9.17, 15) is 4.79 Å². The Bertz CT molecular complexity index is 795. The van der Waals surface area contributed by atoms with Crippen LogP contribution in [0, 0.1) is 0 Å². The van der Waals surface area contributed by atoms with Crippen molar-refractivity contribution < 1.29 is 4.79 Å². The number of aromatic nitrogens is 6. The van der Waals surface area contributed by atoms with Crippen LogP contribution in [0.3, 0.4) is 0 Å². The summed E-state index contributed by atoms with van der Waals surface area (Å²) in [5, 5.41) is 18.6. The quantitative estimate of drug-likeness (QED) is 0.707. The van der Waals surface area contributed by atoms with Crippen molar-refractivity contribution in [2.45, 2.75) is 0 Å². The fourth-order valence-corrected chi connectivity index (χ4v) is 1.74. The van der Waals surface area contributed by atoms with Gasteiger partial charge in [0.1, 0.15) is 11.4 Å². The lowest BCUT2D eigenvalue weighted by atomic mass is 10.3. The van der Waals surface area contributed by atoms with Crippen molar-refractivity contribution in [2.75, 3.05) is 11.9 Å². The summed E-state index contributed by atoms with van der Waals surface area (Å²) in [5.74, 6) is 0.321. The standard InChI is InChI=1S/C14H12N8O.ClH/c15-7-12(23)18-9-4-5-11(17-8-9)14-21-19-13(20-22-14)10-3-1-2-6-16-10;/h1-6,8H,7,15H2,(H,18,23);1H. The van der Waals surface area contributed by atoms with Gasteiger partial charge < -0.3 is 11.1 Å². The molecule has 0 aliphatic heterocycles. The van der Waals surface area contributed by atoms with Crippen LogP contribution in [0.1, 0.15) is 0 Å². The predicted octanol–water partition coefficient (Wildman–Crippen LogP) is 0.710. The first kappa shape index (κ1) is 17.3. The second kappa shape index (κ2) is 7.99. The monoisotopic (exact) mass is 344 g/mol. The summed E-state index contributed by atoms with van der Waals surface area (Å²) in [6.45, 7) is -0.0896. The highest BCUT2D eigenvalue weighted by Crippen LogP contribution is 2.14. The average Bonchev–Trinajstić information content (AvgIpc) is 2.63. The number of halogens is 1. The Morgan fingerprint density at radius 3 is 2.12 bits per heavy atom. The van der Waals surface area contributed by atoms with E-state index in [4.69, 9.17) is 5.73 Å². The number of hydrogen-bond acceptors (Lipinski definition) is 8. The lowest BCUT2D eigenvalue weighted by Crippen LogP contribution is -2.21. The molecule has 122 valence electrons. The van der Waals surface area contributed by atoms with Crippen molar-refractivity contribution in [3.05, 3.63) is 42.7 Å². The van der Waals surface area contributed by atoms with Gasteiger partial charge in [-0.3, -0.25) is 14.8 Å². The smallest absolute Gasteiger partial charge is 0.238 e. The first-order valence-corrected chi connectivity index (χ1v) is 6.71. The Morgan fingerprint density at radius 1 is 0.958 bits per heavy atom. The van der Waals surface area contributed by atoms with Gasteiger partial charge in [-0.1, -0.05) is 6.07 Å². The summed E-state index contributed by atoms with van der Waals surface area (Å²) in [6.07, 6.45) is 3.13. The summed E-state index contributed by atoms with van der Waals surface area (Å²) < 4.78 is 0. The second-order valence-electron chi connectivity index (χ2n) is 4.45. The third-order valence-corrected chi connectivity index (χ3v) is 2.83. The summed E-state index contributed by atoms with van der Waals surface area (Å²) in [7, 11) is 0. The molecule has 3 rings (SSSR count). The summed E-state index contributed by atoms with van der Waals surface area (Å²) in [4.78, 5) is 19.5. The zero-order chi connectivity index (χ0) is 16.1. The molecule has 0 fully saturated rings. The zero-order valence-electron chi connectivity index (χ0n) is 12.3. The van der Waals surface area contributed by atoms with Crippen molar-refractivity contribution in [1.82, 2.24) is 30.4 Å². The molecule has 0 saturated heterocycles. The van der Waals surface area contributed by atoms with Crippen molar-refractivity contribution in [3.63, 3.8) is 0 Å². The molecular formula is C14H13ClN8O. The SMILES string of the molecule is Cl.NCC(=O)Nc1ccc(-c2nnc(-c3ccccn3)nn2)nc1. The van der Waals surface area contributed by atoms with Crippen molar-refractivity contribution in [3.8, 4) is 23.0 Å². The number of nitrogens with one attached hydrogen (secondary N) is 1. The van der Waals surface area contributed by atoms with E-state index in [2.05, 4.69) is 35.7 Å². The van der Waals surface area contributed by atoms with E-state index < -0.39 is 0 Å². The van der Waals surface area contributed by atoms with Gasteiger partial charge >= 0.3 is 0 Å². The maximum absolute atomic E-state index is 11.2. The van der Waals surface area contributed by atoms with Crippen LogP contribution in [0.2, 0.25) is 0 Å². The molecule has 24 heavy (non-hydrogen) atoms. The van der Waals surface area contributed by atoms with E-state index in [0.717, 1.165) is 0 Å². The van der Waals surface area contributed by atoms with E-state index in [-0.39, 0.29) is 30.7 Å². The zero-order valence-corrected chi connectivity index (χ0v) is 13.1. The van der Waals surface area contributed by atoms with E-state index in [1.54, 1.807) is 30.5 Å². The first-order valence-electron chi connectivity index (χ1n) is 6.71. The molecule has 0 aromatic carbocycles. The first-order chi connectivity index (χ1) is 11.3. The molecule has 10 heteroatoms. The van der Waals surface area contributed by atoms with Gasteiger partial charge in [0.15, 0.2) is 0 Å². The van der Waals surface area contributed by atoms with Crippen LogP contribution in [0.15, 0.2) is 42.7 Å². The number of nitrogens with two attached hydrogens (primary N) is 1. The van der Waals surface area contributed by atoms with Crippen molar-refractivity contribution in [1.29, 1.82) is 0 Å². The minimum absolute atomic E-state index is 0. The minimum Gasteiger partial charge on any atom is -0.324 e. The highest BCUT2D eigenvalue weighted by molar-refractivity contribution is 5.91. The van der Waals surface area contributed by atoms with Gasteiger partial charge in [0.2, 0.25) is 17.6 Å². The largest absolute Gasteiger partial charge is 0.324 e. The lowest BCUT2D eigenvalue weighted by Gasteiger charge is -2.03. The molecule has 3 aromatic rings. The summed E-state index contributed by atoms with van der Waals surface area (Å²) in [6, 6.07) is 8.73. The van der Waals surface area contributed by atoms with E-state index in [0.29, 0.717) is 22.9 Å². The second-order valence-corrected chi connectivity index (χ2v) is 4.45. The van der Waals surface area contributed by atoms with Gasteiger partial charge in [0.25, 0.3) is 0 Å². The Labute approximate surface area is 143 Å². The maximum Gasteiger partial charge on any atom is 0.238 e. The molecule has 0 aliphatic rings. The molecule has 0 atom stereocenters. The van der Waals surface area contributed by atoms with Gasteiger partial charge in [-0.25, -0.2) is 0 Å². The normalized spacial score (nSPS) is 9.88. The molecule has 0 radical (unpaired) electrons. The number of rotatable bonds is 4. The molecule has 0 unspecified atom stereocenters. The highest BCUT2D eigenvalue weighted by atomic mass is 35.5. The van der Waals surface area contributed by atoms with E-state index >= 15 is 0 Å². The Hall–Kier alpha value is -3.04. The van der Waals surface area contributed by atoms with E-state index in [1.807, 2.05) is 6.07 Å². The van der Waals surface area contributed by atoms with Crippen LogP contribution in [0.5, 0.6) is 0 Å². The molecule has 1 amide bonds. The van der Waals surface area contributed by atoms with Crippen LogP contribution < -0.4 is 11.1 Å². The number of carbonyl (C=O) groups is 1. The molecule has 0 bridgehead atoms. The lowest BCUT2D eigenvalue weighted by molar-refractivity contribution is -0.114. The maximum atomic E-state index is 11.2. The Morgan fingerprint density at radius 2 is 1.62 bits per heavy atom. The van der Waals surface area contributed by atoms with Crippen LogP contribution >= 0.6 is 12.4 Å². The van der Waals surface area contributed by atoms with Gasteiger partial charge in [-0.15, -0.1) is 32.8 Å². The van der Waals surface area contributed by atoms with Gasteiger partial charge in [-0.2, -0.15) is 0 Å². The van der Waals surface area contributed by atoms with Crippen LogP contribution in [-0.2, 0) is 4.79 Å². The van der Waals surface area contributed by atoms with Crippen LogP contribution in [0.4, 0.5) is 5.69 Å². The topological polar surface area (TPSA) is 132 Å². The summed E-state index contributed by atoms with van der Waals surface area (Å²) >= 11 is 0. The van der Waals surface area contributed by atoms with Gasteiger partial charge in [0, 0.05) is 6.20 Å². The molecule has 9 nitrogen and oxygen atoms in total. The van der Waals surface area contributed by atoms with E-state index in [1.165, 1.54) is 6.20 Å². The van der Waals surface area contributed by atoms with Gasteiger partial charge in [0.05, 0.1) is 18.4 Å². The highest BCUT2D eigenvalue weighted by Gasteiger charge is 2.08. The third kappa shape index (κ3) is 4.03. The van der Waals surface area contributed by atoms with Crippen LogP contribution in [0.25, 0.3) is 23.0 Å². The number of nitrogens with zero attached hydrogens (tertiary/aromatic N) is 6. The number of pyridine rings is 2. The molecule has 3 aromatic heterocycles. The Kier molecular flexibility index (Phi) is 5.77. The number of anilines is 1. The van der Waals surface area contributed by atoms with Crippen molar-refractivity contribution in [2.24, 2.45) is 5.73 Å². The molecule has 0 saturated carbocycles. The summed E-state index contributed by atoms with van der Waals surface area (Å²) in [5.41, 5.74) is 6.84. The predicted molar refractivity (Wildman–Crippen MR) is 89.0 cm³/mol. The van der Waals surface area contributed by atoms with Gasteiger partial charge in [-0.05, 0) is 24.3 Å². The number of carbonyl (C=O) groups excluding carboxylic acids is 1. The molecule has 3 N–H and O–H groups in total. The van der Waals surface area contributed by atoms with Crippen LogP contribution in [-0.4, -0.2) is 42.8 Å². The average molecular weight is 345 g/mol. The molecule has 0 spiro atoms. The fourth-order valence-electron chi connectivity index (χ4n) is 1.74. The fraction of sp³-hybridized carbons (Fsp3) is 0.0714. The molecule has 3 heterocycles. The van der Waals surface area contributed by atoms with Crippen molar-refractivity contribution >= 4 is 24.0 Å².